The topological polar surface area (TPSA) is 57.3 Å². The molecule has 1 aromatic carbocycles. The molecule has 5 nitrogen and oxygen atoms in total. The van der Waals surface area contributed by atoms with Crippen molar-refractivity contribution in [1.82, 2.24) is 15.7 Å². The molecule has 3 rings (SSSR count). The molecule has 0 radical (unpaired) electrons. The van der Waals surface area contributed by atoms with Gasteiger partial charge in [0, 0.05) is 18.3 Å². The minimum atomic E-state index is -0.172. The molecule has 1 aromatic heterocycles. The molecule has 1 saturated heterocycles. The highest BCUT2D eigenvalue weighted by Gasteiger charge is 2.15. The Morgan fingerprint density at radius 2 is 2.11 bits per heavy atom. The number of benzene rings is 1. The lowest BCUT2D eigenvalue weighted by Crippen LogP contribution is -2.56. The fourth-order valence-electron chi connectivity index (χ4n) is 2.06. The molecule has 96 valence electrons. The second-order valence-corrected chi connectivity index (χ2v) is 4.28. The van der Waals surface area contributed by atoms with Gasteiger partial charge < -0.3 is 5.32 Å². The summed E-state index contributed by atoms with van der Waals surface area (Å²) in [5, 5.41) is 4.56. The Morgan fingerprint density at radius 3 is 2.89 bits per heavy atom. The molecule has 5 heteroatoms. The maximum absolute atomic E-state index is 11.3. The summed E-state index contributed by atoms with van der Waals surface area (Å²) in [5.74, 6) is 0. The molecule has 19 heavy (non-hydrogen) atoms. The number of hydrogen-bond acceptors (Lipinski definition) is 3. The Balaban J connectivity index is 1.90. The van der Waals surface area contributed by atoms with Gasteiger partial charge in [-0.1, -0.05) is 18.2 Å². The van der Waals surface area contributed by atoms with Gasteiger partial charge in [-0.25, -0.2) is 10.2 Å². The number of urea groups is 1. The van der Waals surface area contributed by atoms with Crippen LogP contribution >= 0.6 is 0 Å². The zero-order chi connectivity index (χ0) is 13.1. The lowest BCUT2D eigenvalue weighted by atomic mass is 10.1. The molecule has 1 aliphatic rings. The van der Waals surface area contributed by atoms with Crippen molar-refractivity contribution in [3.05, 3.63) is 48.7 Å². The van der Waals surface area contributed by atoms with Crippen molar-refractivity contribution in [3.63, 3.8) is 0 Å². The van der Waals surface area contributed by atoms with Crippen LogP contribution in [0.4, 0.5) is 10.5 Å². The molecule has 2 aromatic rings. The number of pyridine rings is 1. The number of hydrogen-bond donors (Lipinski definition) is 2. The third-order valence-corrected chi connectivity index (χ3v) is 2.98. The lowest BCUT2D eigenvalue weighted by Gasteiger charge is -2.29. The number of anilines is 1. The standard InChI is InChI=1S/C14H14N4O/c19-14-16-8-9-18(17-14)12-5-3-4-11(10-12)13-6-1-2-7-15-13/h1-7,10H,8-9H2,(H2,16,17,19). The molecule has 1 fully saturated rings. The first-order valence-electron chi connectivity index (χ1n) is 6.16. The van der Waals surface area contributed by atoms with Crippen molar-refractivity contribution in [1.29, 1.82) is 0 Å². The molecule has 0 atom stereocenters. The van der Waals surface area contributed by atoms with E-state index in [4.69, 9.17) is 0 Å². The molecule has 1 aliphatic heterocycles. The Morgan fingerprint density at radius 1 is 1.16 bits per heavy atom. The van der Waals surface area contributed by atoms with Crippen molar-refractivity contribution in [2.75, 3.05) is 18.1 Å². The van der Waals surface area contributed by atoms with Gasteiger partial charge in [0.1, 0.15) is 0 Å². The molecule has 0 aliphatic carbocycles. The largest absolute Gasteiger partial charge is 0.335 e. The summed E-state index contributed by atoms with van der Waals surface area (Å²) in [5.41, 5.74) is 5.69. The molecule has 0 bridgehead atoms. The summed E-state index contributed by atoms with van der Waals surface area (Å²) in [4.78, 5) is 15.7. The van der Waals surface area contributed by atoms with Crippen LogP contribution in [-0.2, 0) is 0 Å². The number of amides is 2. The van der Waals surface area contributed by atoms with Gasteiger partial charge in [0.15, 0.2) is 0 Å². The lowest BCUT2D eigenvalue weighted by molar-refractivity contribution is 0.236. The summed E-state index contributed by atoms with van der Waals surface area (Å²) >= 11 is 0. The van der Waals surface area contributed by atoms with Crippen molar-refractivity contribution in [2.24, 2.45) is 0 Å². The third kappa shape index (κ3) is 2.49. The Kier molecular flexibility index (Phi) is 3.02. The average Bonchev–Trinajstić information content (AvgIpc) is 2.48. The minimum Gasteiger partial charge on any atom is -0.335 e. The molecule has 2 N–H and O–H groups in total. The molecule has 0 spiro atoms. The quantitative estimate of drug-likeness (QED) is 0.859. The van der Waals surface area contributed by atoms with E-state index in [1.807, 2.05) is 47.5 Å². The summed E-state index contributed by atoms with van der Waals surface area (Å²) in [6.45, 7) is 1.37. The van der Waals surface area contributed by atoms with E-state index >= 15 is 0 Å². The minimum absolute atomic E-state index is 0.172. The number of aromatic nitrogens is 1. The van der Waals surface area contributed by atoms with E-state index in [0.717, 1.165) is 23.5 Å². The van der Waals surface area contributed by atoms with E-state index in [9.17, 15) is 4.79 Å². The summed E-state index contributed by atoms with van der Waals surface area (Å²) < 4.78 is 0. The monoisotopic (exact) mass is 254 g/mol. The first kappa shape index (κ1) is 11.5. The van der Waals surface area contributed by atoms with Gasteiger partial charge in [-0.05, 0) is 24.3 Å². The van der Waals surface area contributed by atoms with Gasteiger partial charge in [0.2, 0.25) is 0 Å². The van der Waals surface area contributed by atoms with E-state index < -0.39 is 0 Å². The highest BCUT2D eigenvalue weighted by molar-refractivity contribution is 5.78. The van der Waals surface area contributed by atoms with E-state index in [2.05, 4.69) is 15.7 Å². The SMILES string of the molecule is O=C1NCCN(c2cccc(-c3ccccn3)c2)N1. The Bertz CT molecular complexity index is 585. The average molecular weight is 254 g/mol. The van der Waals surface area contributed by atoms with Crippen LogP contribution in [0.25, 0.3) is 11.3 Å². The molecule has 0 saturated carbocycles. The van der Waals surface area contributed by atoms with E-state index in [1.165, 1.54) is 0 Å². The van der Waals surface area contributed by atoms with Gasteiger partial charge in [-0.3, -0.25) is 9.99 Å². The number of carbonyl (C=O) groups excluding carboxylic acids is 1. The second kappa shape index (κ2) is 4.97. The van der Waals surface area contributed by atoms with Crippen LogP contribution in [-0.4, -0.2) is 24.1 Å². The zero-order valence-electron chi connectivity index (χ0n) is 10.3. The molecule has 2 heterocycles. The summed E-state index contributed by atoms with van der Waals surface area (Å²) in [7, 11) is 0. The first-order chi connectivity index (χ1) is 9.33. The first-order valence-corrected chi connectivity index (χ1v) is 6.16. The van der Waals surface area contributed by atoms with Crippen molar-refractivity contribution in [2.45, 2.75) is 0 Å². The van der Waals surface area contributed by atoms with Crippen LogP contribution in [0.5, 0.6) is 0 Å². The fraction of sp³-hybridized carbons (Fsp3) is 0.143. The van der Waals surface area contributed by atoms with E-state index in [0.29, 0.717) is 6.54 Å². The molecular formula is C14H14N4O. The molecular weight excluding hydrogens is 240 g/mol. The summed E-state index contributed by atoms with van der Waals surface area (Å²) in [6.07, 6.45) is 1.77. The Hall–Kier alpha value is -2.56. The van der Waals surface area contributed by atoms with Crippen LogP contribution in [0.3, 0.4) is 0 Å². The van der Waals surface area contributed by atoms with Gasteiger partial charge in [0.25, 0.3) is 0 Å². The number of rotatable bonds is 2. The van der Waals surface area contributed by atoms with Crippen LogP contribution < -0.4 is 15.8 Å². The fourth-order valence-corrected chi connectivity index (χ4v) is 2.06. The van der Waals surface area contributed by atoms with Crippen LogP contribution in [0.15, 0.2) is 48.7 Å². The van der Waals surface area contributed by atoms with Gasteiger partial charge in [0.05, 0.1) is 17.9 Å². The van der Waals surface area contributed by atoms with Crippen molar-refractivity contribution >= 4 is 11.7 Å². The number of hydrazine groups is 1. The van der Waals surface area contributed by atoms with Crippen LogP contribution in [0, 0.1) is 0 Å². The molecule has 0 unspecified atom stereocenters. The zero-order valence-corrected chi connectivity index (χ0v) is 10.3. The smallest absolute Gasteiger partial charge is 0.333 e. The third-order valence-electron chi connectivity index (χ3n) is 2.98. The van der Waals surface area contributed by atoms with E-state index in [-0.39, 0.29) is 6.03 Å². The number of nitrogens with one attached hydrogen (secondary N) is 2. The predicted molar refractivity (Wildman–Crippen MR) is 73.6 cm³/mol. The van der Waals surface area contributed by atoms with Crippen LogP contribution in [0.1, 0.15) is 0 Å². The number of nitrogens with zero attached hydrogens (tertiary/aromatic N) is 2. The van der Waals surface area contributed by atoms with Crippen LogP contribution in [0.2, 0.25) is 0 Å². The predicted octanol–water partition coefficient (Wildman–Crippen LogP) is 1.78. The number of carbonyl (C=O) groups is 1. The van der Waals surface area contributed by atoms with Crippen molar-refractivity contribution < 1.29 is 4.79 Å². The highest BCUT2D eigenvalue weighted by atomic mass is 16.2. The Labute approximate surface area is 111 Å². The maximum atomic E-state index is 11.3. The van der Waals surface area contributed by atoms with Gasteiger partial charge >= 0.3 is 6.03 Å². The van der Waals surface area contributed by atoms with Crippen molar-refractivity contribution in [3.8, 4) is 11.3 Å². The highest BCUT2D eigenvalue weighted by Crippen LogP contribution is 2.22. The normalized spacial score (nSPS) is 14.7. The summed E-state index contributed by atoms with van der Waals surface area (Å²) in [6, 6.07) is 13.6. The van der Waals surface area contributed by atoms with E-state index in [1.54, 1.807) is 6.20 Å². The molecule has 2 amide bonds. The van der Waals surface area contributed by atoms with Gasteiger partial charge in [-0.15, -0.1) is 0 Å². The maximum Gasteiger partial charge on any atom is 0.333 e. The second-order valence-electron chi connectivity index (χ2n) is 4.28. The van der Waals surface area contributed by atoms with Gasteiger partial charge in [-0.2, -0.15) is 0 Å².